The van der Waals surface area contributed by atoms with Crippen molar-refractivity contribution in [1.29, 1.82) is 0 Å². The molecule has 1 aliphatic carbocycles. The number of hydrogen-bond acceptors (Lipinski definition) is 3. The van der Waals surface area contributed by atoms with E-state index >= 15 is 0 Å². The molecule has 0 N–H and O–H groups in total. The second-order valence-electron chi connectivity index (χ2n) is 5.47. The lowest BCUT2D eigenvalue weighted by molar-refractivity contribution is -0.145. The molecule has 3 atom stereocenters. The Kier molecular flexibility index (Phi) is 4.05. The third kappa shape index (κ3) is 2.67. The summed E-state index contributed by atoms with van der Waals surface area (Å²) in [7, 11) is 0. The van der Waals surface area contributed by atoms with Gasteiger partial charge in [-0.05, 0) is 12.5 Å². The summed E-state index contributed by atoms with van der Waals surface area (Å²) in [4.78, 5) is 24.9. The molecule has 3 nitrogen and oxygen atoms in total. The fraction of sp³-hybridized carbons (Fsp3) is 0.263. The quantitative estimate of drug-likeness (QED) is 0.626. The van der Waals surface area contributed by atoms with Crippen molar-refractivity contribution in [1.82, 2.24) is 0 Å². The largest absolute Gasteiger partial charge is 0.466 e. The summed E-state index contributed by atoms with van der Waals surface area (Å²) >= 11 is 0. The first-order valence-electron chi connectivity index (χ1n) is 7.55. The van der Waals surface area contributed by atoms with Crippen LogP contribution in [0, 0.1) is 11.8 Å². The van der Waals surface area contributed by atoms with Crippen molar-refractivity contribution in [2.24, 2.45) is 11.8 Å². The number of carbonyl (C=O) groups is 2. The van der Waals surface area contributed by atoms with Gasteiger partial charge in [0, 0.05) is 17.4 Å². The highest BCUT2D eigenvalue weighted by Gasteiger charge is 2.60. The van der Waals surface area contributed by atoms with Crippen LogP contribution in [0.2, 0.25) is 0 Å². The van der Waals surface area contributed by atoms with Crippen LogP contribution in [0.15, 0.2) is 60.7 Å². The average molecular weight is 294 g/mol. The van der Waals surface area contributed by atoms with Crippen molar-refractivity contribution in [3.05, 3.63) is 71.8 Å². The lowest BCUT2D eigenvalue weighted by atomic mass is 10.0. The molecule has 0 aromatic heterocycles. The molecule has 0 unspecified atom stereocenters. The molecule has 1 saturated carbocycles. The molecule has 2 aromatic rings. The molecule has 112 valence electrons. The number of ether oxygens (including phenoxy) is 1. The summed E-state index contributed by atoms with van der Waals surface area (Å²) in [6.07, 6.45) is 0. The zero-order valence-corrected chi connectivity index (χ0v) is 12.4. The van der Waals surface area contributed by atoms with Crippen LogP contribution in [-0.4, -0.2) is 18.4 Å². The predicted octanol–water partition coefficient (Wildman–Crippen LogP) is 3.46. The topological polar surface area (TPSA) is 43.4 Å². The van der Waals surface area contributed by atoms with Gasteiger partial charge in [0.1, 0.15) is 0 Å². The van der Waals surface area contributed by atoms with Gasteiger partial charge in [-0.2, -0.15) is 0 Å². The molecule has 0 saturated heterocycles. The zero-order valence-electron chi connectivity index (χ0n) is 12.4. The van der Waals surface area contributed by atoms with Crippen LogP contribution in [0.1, 0.15) is 28.8 Å². The van der Waals surface area contributed by atoms with E-state index in [9.17, 15) is 9.59 Å². The molecule has 3 heteroatoms. The summed E-state index contributed by atoms with van der Waals surface area (Å²) in [5.74, 6) is -1.01. The number of benzene rings is 2. The predicted molar refractivity (Wildman–Crippen MR) is 83.6 cm³/mol. The highest BCUT2D eigenvalue weighted by atomic mass is 16.5. The molecular weight excluding hydrogens is 276 g/mol. The van der Waals surface area contributed by atoms with Crippen LogP contribution in [0.4, 0.5) is 0 Å². The van der Waals surface area contributed by atoms with E-state index in [1.54, 1.807) is 19.1 Å². The van der Waals surface area contributed by atoms with E-state index in [0.717, 1.165) is 5.56 Å². The Hall–Kier alpha value is -2.42. The molecule has 1 aliphatic rings. The van der Waals surface area contributed by atoms with E-state index in [2.05, 4.69) is 0 Å². The van der Waals surface area contributed by atoms with Crippen LogP contribution in [0.3, 0.4) is 0 Å². The van der Waals surface area contributed by atoms with Crippen LogP contribution in [-0.2, 0) is 9.53 Å². The van der Waals surface area contributed by atoms with Crippen LogP contribution in [0.5, 0.6) is 0 Å². The number of rotatable bonds is 5. The van der Waals surface area contributed by atoms with E-state index in [4.69, 9.17) is 4.74 Å². The second kappa shape index (κ2) is 6.14. The Balaban J connectivity index is 1.87. The summed E-state index contributed by atoms with van der Waals surface area (Å²) in [6, 6.07) is 18.9. The molecule has 0 spiro atoms. The van der Waals surface area contributed by atoms with Gasteiger partial charge >= 0.3 is 5.97 Å². The van der Waals surface area contributed by atoms with Gasteiger partial charge in [-0.1, -0.05) is 60.7 Å². The summed E-state index contributed by atoms with van der Waals surface area (Å²) in [6.45, 7) is 2.12. The first-order valence-corrected chi connectivity index (χ1v) is 7.55. The smallest absolute Gasteiger partial charge is 0.310 e. The van der Waals surface area contributed by atoms with Gasteiger partial charge in [-0.3, -0.25) is 9.59 Å². The third-order valence-corrected chi connectivity index (χ3v) is 4.12. The van der Waals surface area contributed by atoms with Crippen LogP contribution >= 0.6 is 0 Å². The molecule has 0 bridgehead atoms. The standard InChI is InChI=1S/C19H18O3/c1-2-22-19(21)17-15(13-9-5-3-6-10-13)16(17)18(20)14-11-7-4-8-12-14/h3-12,15-17H,2H2,1H3/t15-,16-,17+/m0/s1. The maximum atomic E-state index is 12.7. The Labute approximate surface area is 129 Å². The maximum Gasteiger partial charge on any atom is 0.310 e. The minimum atomic E-state index is -0.366. The normalized spacial score (nSPS) is 22.9. The van der Waals surface area contributed by atoms with E-state index in [-0.39, 0.29) is 29.5 Å². The second-order valence-corrected chi connectivity index (χ2v) is 5.47. The first-order chi connectivity index (χ1) is 10.7. The van der Waals surface area contributed by atoms with Crippen molar-refractivity contribution in [2.45, 2.75) is 12.8 Å². The minimum Gasteiger partial charge on any atom is -0.466 e. The molecule has 0 amide bonds. The molecule has 0 heterocycles. The lowest BCUT2D eigenvalue weighted by Gasteiger charge is -2.00. The molecule has 3 rings (SSSR count). The summed E-state index contributed by atoms with van der Waals surface area (Å²) in [5, 5.41) is 0. The highest BCUT2D eigenvalue weighted by molar-refractivity contribution is 6.04. The monoisotopic (exact) mass is 294 g/mol. The van der Waals surface area contributed by atoms with Crippen LogP contribution in [0.25, 0.3) is 0 Å². The fourth-order valence-corrected chi connectivity index (χ4v) is 3.05. The number of carbonyl (C=O) groups excluding carboxylic acids is 2. The zero-order chi connectivity index (χ0) is 15.5. The van der Waals surface area contributed by atoms with Gasteiger partial charge in [-0.15, -0.1) is 0 Å². The number of ketones is 1. The Morgan fingerprint density at radius 2 is 1.50 bits per heavy atom. The molecule has 2 aromatic carbocycles. The Morgan fingerprint density at radius 1 is 0.909 bits per heavy atom. The number of esters is 1. The van der Waals surface area contributed by atoms with E-state index in [0.29, 0.717) is 12.2 Å². The van der Waals surface area contributed by atoms with E-state index in [1.165, 1.54) is 0 Å². The lowest BCUT2D eigenvalue weighted by Crippen LogP contribution is -2.11. The Morgan fingerprint density at radius 3 is 2.09 bits per heavy atom. The fourth-order valence-electron chi connectivity index (χ4n) is 3.05. The van der Waals surface area contributed by atoms with Crippen molar-refractivity contribution >= 4 is 11.8 Å². The van der Waals surface area contributed by atoms with Crippen molar-refractivity contribution < 1.29 is 14.3 Å². The van der Waals surface area contributed by atoms with Gasteiger partial charge in [0.2, 0.25) is 0 Å². The summed E-state index contributed by atoms with van der Waals surface area (Å²) in [5.41, 5.74) is 1.68. The first kappa shape index (κ1) is 14.5. The van der Waals surface area contributed by atoms with Crippen molar-refractivity contribution in [2.75, 3.05) is 6.61 Å². The van der Waals surface area contributed by atoms with Crippen molar-refractivity contribution in [3.8, 4) is 0 Å². The van der Waals surface area contributed by atoms with E-state index < -0.39 is 0 Å². The van der Waals surface area contributed by atoms with Gasteiger partial charge in [0.15, 0.2) is 5.78 Å². The van der Waals surface area contributed by atoms with Gasteiger partial charge < -0.3 is 4.74 Å². The SMILES string of the molecule is CCOC(=O)[C@H]1[C@@H](C(=O)c2ccccc2)[C@@H]1c1ccccc1. The summed E-state index contributed by atoms with van der Waals surface area (Å²) < 4.78 is 5.14. The highest BCUT2D eigenvalue weighted by Crippen LogP contribution is 2.56. The molecule has 22 heavy (non-hydrogen) atoms. The maximum absolute atomic E-state index is 12.7. The van der Waals surface area contributed by atoms with Crippen LogP contribution < -0.4 is 0 Å². The van der Waals surface area contributed by atoms with Gasteiger partial charge in [-0.25, -0.2) is 0 Å². The van der Waals surface area contributed by atoms with E-state index in [1.807, 2.05) is 48.5 Å². The molecule has 0 aliphatic heterocycles. The molecular formula is C19H18O3. The minimum absolute atomic E-state index is 0.0208. The Bertz CT molecular complexity index is 664. The van der Waals surface area contributed by atoms with Gasteiger partial charge in [0.05, 0.1) is 12.5 Å². The van der Waals surface area contributed by atoms with Crippen molar-refractivity contribution in [3.63, 3.8) is 0 Å². The molecule has 1 fully saturated rings. The van der Waals surface area contributed by atoms with Gasteiger partial charge in [0.25, 0.3) is 0 Å². The molecule has 0 radical (unpaired) electrons. The third-order valence-electron chi connectivity index (χ3n) is 4.12. The number of hydrogen-bond donors (Lipinski definition) is 0. The number of Topliss-reactive ketones (excluding diaryl/α,β-unsaturated/α-hetero) is 1. The average Bonchev–Trinajstić information content (AvgIpc) is 3.32.